The number of ether oxygens (including phenoxy) is 1. The molecule has 0 fully saturated rings. The Bertz CT molecular complexity index is 417. The SMILES string of the molecule is Cc1cccc2c1C(C#N)OC2=O. The highest BCUT2D eigenvalue weighted by atomic mass is 16.5. The second kappa shape index (κ2) is 2.60. The zero-order chi connectivity index (χ0) is 9.42. The summed E-state index contributed by atoms with van der Waals surface area (Å²) >= 11 is 0. The molecule has 0 saturated heterocycles. The first kappa shape index (κ1) is 7.81. The van der Waals surface area contributed by atoms with Gasteiger partial charge in [0.25, 0.3) is 0 Å². The molecule has 1 unspecified atom stereocenters. The lowest BCUT2D eigenvalue weighted by Gasteiger charge is -2.02. The van der Waals surface area contributed by atoms with Crippen molar-refractivity contribution in [3.63, 3.8) is 0 Å². The molecule has 64 valence electrons. The quantitative estimate of drug-likeness (QED) is 0.561. The minimum absolute atomic E-state index is 0.398. The molecule has 0 amide bonds. The Morgan fingerprint density at radius 3 is 3.00 bits per heavy atom. The number of hydrogen-bond donors (Lipinski definition) is 0. The van der Waals surface area contributed by atoms with Gasteiger partial charge in [0.05, 0.1) is 5.56 Å². The van der Waals surface area contributed by atoms with E-state index in [0.717, 1.165) is 11.1 Å². The fourth-order valence-electron chi connectivity index (χ4n) is 1.53. The number of rotatable bonds is 0. The van der Waals surface area contributed by atoms with Crippen LogP contribution in [0.5, 0.6) is 0 Å². The van der Waals surface area contributed by atoms with Gasteiger partial charge in [0.1, 0.15) is 6.07 Å². The third-order valence-corrected chi connectivity index (χ3v) is 2.15. The molecule has 0 radical (unpaired) electrons. The summed E-state index contributed by atoms with van der Waals surface area (Å²) in [4.78, 5) is 11.2. The van der Waals surface area contributed by atoms with E-state index in [4.69, 9.17) is 10.00 Å². The molecule has 3 heteroatoms. The monoisotopic (exact) mass is 173 g/mol. The van der Waals surface area contributed by atoms with E-state index in [1.807, 2.05) is 19.1 Å². The number of esters is 1. The Labute approximate surface area is 75.6 Å². The summed E-state index contributed by atoms with van der Waals surface area (Å²) in [6, 6.07) is 7.28. The van der Waals surface area contributed by atoms with Crippen molar-refractivity contribution in [1.82, 2.24) is 0 Å². The molecule has 1 aliphatic rings. The molecule has 0 saturated carbocycles. The molecule has 1 aromatic carbocycles. The average molecular weight is 173 g/mol. The summed E-state index contributed by atoms with van der Waals surface area (Å²) in [6.07, 6.45) is -0.719. The Morgan fingerprint density at radius 2 is 2.31 bits per heavy atom. The van der Waals surface area contributed by atoms with Gasteiger partial charge in [-0.05, 0) is 18.6 Å². The van der Waals surface area contributed by atoms with Crippen molar-refractivity contribution in [1.29, 1.82) is 5.26 Å². The summed E-state index contributed by atoms with van der Waals surface area (Å²) in [7, 11) is 0. The highest BCUT2D eigenvalue weighted by Gasteiger charge is 2.31. The van der Waals surface area contributed by atoms with Gasteiger partial charge in [-0.1, -0.05) is 12.1 Å². The number of aryl methyl sites for hydroxylation is 1. The molecule has 2 rings (SSSR count). The van der Waals surface area contributed by atoms with Crippen LogP contribution >= 0.6 is 0 Å². The van der Waals surface area contributed by atoms with E-state index in [1.165, 1.54) is 0 Å². The molecule has 1 aliphatic heterocycles. The number of fused-ring (bicyclic) bond motifs is 1. The second-order valence-electron chi connectivity index (χ2n) is 2.95. The zero-order valence-electron chi connectivity index (χ0n) is 7.07. The van der Waals surface area contributed by atoms with Crippen LogP contribution in [-0.2, 0) is 4.74 Å². The summed E-state index contributed by atoms with van der Waals surface area (Å²) in [5, 5.41) is 8.73. The third kappa shape index (κ3) is 0.994. The minimum atomic E-state index is -0.719. The van der Waals surface area contributed by atoms with Crippen molar-refractivity contribution < 1.29 is 9.53 Å². The average Bonchev–Trinajstić information content (AvgIpc) is 2.45. The number of hydrogen-bond acceptors (Lipinski definition) is 3. The summed E-state index contributed by atoms with van der Waals surface area (Å²) in [5.74, 6) is -0.398. The Kier molecular flexibility index (Phi) is 1.56. The number of cyclic esters (lactones) is 1. The van der Waals surface area contributed by atoms with E-state index in [0.29, 0.717) is 5.56 Å². The van der Waals surface area contributed by atoms with Crippen LogP contribution in [0.25, 0.3) is 0 Å². The van der Waals surface area contributed by atoms with Crippen LogP contribution in [-0.4, -0.2) is 5.97 Å². The van der Waals surface area contributed by atoms with E-state index in [-0.39, 0.29) is 0 Å². The number of carbonyl (C=O) groups excluding carboxylic acids is 1. The van der Waals surface area contributed by atoms with E-state index >= 15 is 0 Å². The third-order valence-electron chi connectivity index (χ3n) is 2.15. The minimum Gasteiger partial charge on any atom is -0.438 e. The van der Waals surface area contributed by atoms with Gasteiger partial charge < -0.3 is 4.74 Å². The molecule has 0 N–H and O–H groups in total. The number of nitrogens with zero attached hydrogens (tertiary/aromatic N) is 1. The molecular formula is C10H7NO2. The molecule has 0 aliphatic carbocycles. The molecule has 13 heavy (non-hydrogen) atoms. The fourth-order valence-corrected chi connectivity index (χ4v) is 1.53. The van der Waals surface area contributed by atoms with E-state index in [9.17, 15) is 4.79 Å². The highest BCUT2D eigenvalue weighted by Crippen LogP contribution is 2.32. The normalized spacial score (nSPS) is 19.1. The van der Waals surface area contributed by atoms with Crippen LogP contribution in [0.4, 0.5) is 0 Å². The van der Waals surface area contributed by atoms with E-state index in [1.54, 1.807) is 12.1 Å². The fraction of sp³-hybridized carbons (Fsp3) is 0.200. The predicted molar refractivity (Wildman–Crippen MR) is 44.9 cm³/mol. The van der Waals surface area contributed by atoms with Crippen molar-refractivity contribution in [2.24, 2.45) is 0 Å². The van der Waals surface area contributed by atoms with Crippen molar-refractivity contribution in [2.45, 2.75) is 13.0 Å². The smallest absolute Gasteiger partial charge is 0.340 e. The standard InChI is InChI=1S/C10H7NO2/c1-6-3-2-4-7-9(6)8(5-11)13-10(7)12/h2-4,8H,1H3. The van der Waals surface area contributed by atoms with Crippen LogP contribution in [0, 0.1) is 18.3 Å². The van der Waals surface area contributed by atoms with Gasteiger partial charge in [0.2, 0.25) is 6.10 Å². The maximum atomic E-state index is 11.2. The summed E-state index contributed by atoms with van der Waals surface area (Å²) in [5.41, 5.74) is 2.16. The van der Waals surface area contributed by atoms with Gasteiger partial charge in [-0.25, -0.2) is 4.79 Å². The lowest BCUT2D eigenvalue weighted by Crippen LogP contribution is -1.95. The van der Waals surface area contributed by atoms with Crippen LogP contribution < -0.4 is 0 Å². The predicted octanol–water partition coefficient (Wildman–Crippen LogP) is 1.73. The first-order valence-electron chi connectivity index (χ1n) is 3.94. The molecule has 1 atom stereocenters. The van der Waals surface area contributed by atoms with Crippen LogP contribution in [0.15, 0.2) is 18.2 Å². The van der Waals surface area contributed by atoms with Gasteiger partial charge in [-0.3, -0.25) is 0 Å². The van der Waals surface area contributed by atoms with Gasteiger partial charge in [-0.15, -0.1) is 0 Å². The Balaban J connectivity index is 2.67. The Hall–Kier alpha value is -1.82. The second-order valence-corrected chi connectivity index (χ2v) is 2.95. The summed E-state index contributed by atoms with van der Waals surface area (Å²) in [6.45, 7) is 1.87. The van der Waals surface area contributed by atoms with Gasteiger partial charge in [0, 0.05) is 5.56 Å². The molecule has 0 bridgehead atoms. The molecule has 1 heterocycles. The lowest BCUT2D eigenvalue weighted by molar-refractivity contribution is 0.0477. The maximum absolute atomic E-state index is 11.2. The largest absolute Gasteiger partial charge is 0.438 e. The van der Waals surface area contributed by atoms with Gasteiger partial charge in [0.15, 0.2) is 0 Å². The van der Waals surface area contributed by atoms with Crippen molar-refractivity contribution >= 4 is 5.97 Å². The zero-order valence-corrected chi connectivity index (χ0v) is 7.07. The van der Waals surface area contributed by atoms with Crippen LogP contribution in [0.3, 0.4) is 0 Å². The van der Waals surface area contributed by atoms with Crippen molar-refractivity contribution in [3.05, 3.63) is 34.9 Å². The van der Waals surface area contributed by atoms with Crippen molar-refractivity contribution in [3.8, 4) is 6.07 Å². The van der Waals surface area contributed by atoms with Gasteiger partial charge in [-0.2, -0.15) is 5.26 Å². The van der Waals surface area contributed by atoms with Crippen molar-refractivity contribution in [2.75, 3.05) is 0 Å². The van der Waals surface area contributed by atoms with Gasteiger partial charge >= 0.3 is 5.97 Å². The van der Waals surface area contributed by atoms with E-state index in [2.05, 4.69) is 0 Å². The molecule has 1 aromatic rings. The lowest BCUT2D eigenvalue weighted by atomic mass is 10.0. The first-order chi connectivity index (χ1) is 6.24. The number of nitriles is 1. The maximum Gasteiger partial charge on any atom is 0.340 e. The van der Waals surface area contributed by atoms with Crippen LogP contribution in [0.2, 0.25) is 0 Å². The Morgan fingerprint density at radius 1 is 1.54 bits per heavy atom. The number of benzene rings is 1. The van der Waals surface area contributed by atoms with E-state index < -0.39 is 12.1 Å². The first-order valence-corrected chi connectivity index (χ1v) is 3.94. The van der Waals surface area contributed by atoms with Crippen LogP contribution in [0.1, 0.15) is 27.6 Å². The molecule has 0 spiro atoms. The molecule has 3 nitrogen and oxygen atoms in total. The molecule has 0 aromatic heterocycles. The topological polar surface area (TPSA) is 50.1 Å². The highest BCUT2D eigenvalue weighted by molar-refractivity contribution is 5.94. The number of carbonyl (C=O) groups is 1. The molecular weight excluding hydrogens is 166 g/mol. The summed E-state index contributed by atoms with van der Waals surface area (Å²) < 4.78 is 4.86.